The normalized spacial score (nSPS) is 15.9. The first-order chi connectivity index (χ1) is 18.2. The smallest absolute Gasteiger partial charge is 0.325 e. The van der Waals surface area contributed by atoms with Gasteiger partial charge < -0.3 is 27.5 Å². The van der Waals surface area contributed by atoms with E-state index in [0.717, 1.165) is 16.7 Å². The number of pyridine rings is 1. The number of H-pyrrole nitrogens is 1. The zero-order valence-corrected chi connectivity index (χ0v) is 20.8. The SMILES string of the molecule is NC(=O)[C@H](Cc1c(Sc2ncccc2[N+](=O)[O-])[nH]c2ccccc12)N1C(=O)N[C@@H](CCCN=C(N)N)C1=O. The Bertz CT molecular complexity index is 1440. The van der Waals surface area contributed by atoms with E-state index in [4.69, 9.17) is 17.2 Å². The van der Waals surface area contributed by atoms with Gasteiger partial charge in [0.2, 0.25) is 5.91 Å². The van der Waals surface area contributed by atoms with Gasteiger partial charge in [-0.2, -0.15) is 0 Å². The average molecular weight is 540 g/mol. The molecule has 198 valence electrons. The molecule has 1 aliphatic heterocycles. The van der Waals surface area contributed by atoms with Crippen molar-refractivity contribution in [3.8, 4) is 0 Å². The highest BCUT2D eigenvalue weighted by Gasteiger charge is 2.44. The van der Waals surface area contributed by atoms with Gasteiger partial charge in [-0.25, -0.2) is 14.7 Å². The van der Waals surface area contributed by atoms with Crippen LogP contribution in [-0.4, -0.2) is 62.2 Å². The third-order valence-corrected chi connectivity index (χ3v) is 7.02. The molecule has 4 rings (SSSR count). The lowest BCUT2D eigenvalue weighted by Gasteiger charge is -2.23. The fourth-order valence-electron chi connectivity index (χ4n) is 4.22. The van der Waals surface area contributed by atoms with Crippen molar-refractivity contribution in [1.82, 2.24) is 20.2 Å². The van der Waals surface area contributed by atoms with E-state index >= 15 is 0 Å². The Morgan fingerprint density at radius 3 is 2.68 bits per heavy atom. The highest BCUT2D eigenvalue weighted by molar-refractivity contribution is 7.99. The molecule has 0 unspecified atom stereocenters. The van der Waals surface area contributed by atoms with E-state index in [2.05, 4.69) is 20.3 Å². The van der Waals surface area contributed by atoms with Crippen LogP contribution in [0.15, 0.2) is 57.6 Å². The number of aromatic nitrogens is 2. The molecule has 2 aromatic heterocycles. The molecule has 0 aliphatic carbocycles. The van der Waals surface area contributed by atoms with Crippen molar-refractivity contribution in [2.45, 2.75) is 41.4 Å². The molecule has 4 amide bonds. The first-order valence-electron chi connectivity index (χ1n) is 11.5. The average Bonchev–Trinajstić information content (AvgIpc) is 3.35. The number of nitrogens with two attached hydrogens (primary N) is 3. The first-order valence-corrected chi connectivity index (χ1v) is 12.3. The molecule has 3 heterocycles. The number of nitrogens with one attached hydrogen (secondary N) is 2. The third-order valence-electron chi connectivity index (χ3n) is 5.96. The molecule has 3 aromatic rings. The number of aliphatic imine (C=N–C) groups is 1. The van der Waals surface area contributed by atoms with Crippen molar-refractivity contribution in [3.05, 3.63) is 58.3 Å². The fraction of sp³-hybridized carbons (Fsp3) is 0.261. The minimum absolute atomic E-state index is 0.0781. The third kappa shape index (κ3) is 5.51. The van der Waals surface area contributed by atoms with Crippen molar-refractivity contribution in [2.24, 2.45) is 22.2 Å². The van der Waals surface area contributed by atoms with Crippen LogP contribution >= 0.6 is 11.8 Å². The van der Waals surface area contributed by atoms with Crippen LogP contribution in [0.3, 0.4) is 0 Å². The monoisotopic (exact) mass is 539 g/mol. The topological polar surface area (TPSA) is 229 Å². The van der Waals surface area contributed by atoms with E-state index in [1.807, 2.05) is 0 Å². The minimum Gasteiger partial charge on any atom is -0.370 e. The van der Waals surface area contributed by atoms with Gasteiger partial charge >= 0.3 is 11.7 Å². The highest BCUT2D eigenvalue weighted by Crippen LogP contribution is 2.38. The zero-order valence-electron chi connectivity index (χ0n) is 20.0. The minimum atomic E-state index is -1.30. The lowest BCUT2D eigenvalue weighted by molar-refractivity contribution is -0.388. The van der Waals surface area contributed by atoms with Crippen LogP contribution in [0, 0.1) is 10.1 Å². The van der Waals surface area contributed by atoms with E-state index in [-0.39, 0.29) is 36.1 Å². The summed E-state index contributed by atoms with van der Waals surface area (Å²) in [6, 6.07) is 7.10. The molecular formula is C23H25N9O5S. The van der Waals surface area contributed by atoms with Gasteiger partial charge in [-0.3, -0.25) is 24.7 Å². The summed E-state index contributed by atoms with van der Waals surface area (Å²) in [5.74, 6) is -1.54. The van der Waals surface area contributed by atoms with E-state index in [1.54, 1.807) is 24.3 Å². The number of fused-ring (bicyclic) bond motifs is 1. The van der Waals surface area contributed by atoms with Gasteiger partial charge in [-0.05, 0) is 42.3 Å². The molecule has 1 fully saturated rings. The maximum absolute atomic E-state index is 13.1. The van der Waals surface area contributed by atoms with E-state index in [1.165, 1.54) is 18.3 Å². The molecule has 1 aromatic carbocycles. The summed E-state index contributed by atoms with van der Waals surface area (Å²) in [7, 11) is 0. The number of carbonyl (C=O) groups excluding carboxylic acids is 3. The predicted molar refractivity (Wildman–Crippen MR) is 139 cm³/mol. The molecule has 0 bridgehead atoms. The molecule has 0 radical (unpaired) electrons. The number of amides is 4. The Hall–Kier alpha value is -4.66. The number of hydrogen-bond donors (Lipinski definition) is 5. The van der Waals surface area contributed by atoms with Crippen LogP contribution in [0.2, 0.25) is 0 Å². The van der Waals surface area contributed by atoms with Crippen LogP contribution in [0.25, 0.3) is 10.9 Å². The van der Waals surface area contributed by atoms with Crippen molar-refractivity contribution >= 4 is 52.2 Å². The van der Waals surface area contributed by atoms with E-state index < -0.39 is 34.9 Å². The number of guanidine groups is 1. The number of nitro groups is 1. The summed E-state index contributed by atoms with van der Waals surface area (Å²) in [5.41, 5.74) is 17.4. The number of urea groups is 1. The number of aromatic amines is 1. The summed E-state index contributed by atoms with van der Waals surface area (Å²) in [6.07, 6.45) is 2.02. The van der Waals surface area contributed by atoms with Crippen LogP contribution in [0.4, 0.5) is 10.5 Å². The van der Waals surface area contributed by atoms with Gasteiger partial charge in [0, 0.05) is 36.1 Å². The second-order valence-electron chi connectivity index (χ2n) is 8.45. The summed E-state index contributed by atoms with van der Waals surface area (Å²) >= 11 is 1.01. The quantitative estimate of drug-likeness (QED) is 0.0583. The largest absolute Gasteiger partial charge is 0.370 e. The number of rotatable bonds is 11. The number of nitrogens with zero attached hydrogens (tertiary/aromatic N) is 4. The van der Waals surface area contributed by atoms with Gasteiger partial charge in [-0.1, -0.05) is 18.2 Å². The van der Waals surface area contributed by atoms with Crippen molar-refractivity contribution in [2.75, 3.05) is 6.54 Å². The molecule has 8 N–H and O–H groups in total. The molecule has 0 saturated carbocycles. The van der Waals surface area contributed by atoms with Crippen molar-refractivity contribution < 1.29 is 19.3 Å². The Morgan fingerprint density at radius 1 is 1.21 bits per heavy atom. The molecule has 1 saturated heterocycles. The van der Waals surface area contributed by atoms with Crippen molar-refractivity contribution in [3.63, 3.8) is 0 Å². The Morgan fingerprint density at radius 2 is 1.97 bits per heavy atom. The van der Waals surface area contributed by atoms with Crippen molar-refractivity contribution in [1.29, 1.82) is 0 Å². The summed E-state index contributed by atoms with van der Waals surface area (Å²) in [4.78, 5) is 61.5. The highest BCUT2D eigenvalue weighted by atomic mass is 32.2. The van der Waals surface area contributed by atoms with Crippen LogP contribution in [-0.2, 0) is 16.0 Å². The maximum atomic E-state index is 13.1. The number of para-hydroxylation sites is 1. The van der Waals surface area contributed by atoms with Crippen LogP contribution < -0.4 is 22.5 Å². The van der Waals surface area contributed by atoms with Gasteiger partial charge in [0.05, 0.1) is 9.95 Å². The molecule has 14 nitrogen and oxygen atoms in total. The molecule has 15 heteroatoms. The number of benzene rings is 1. The fourth-order valence-corrected chi connectivity index (χ4v) is 5.25. The summed E-state index contributed by atoms with van der Waals surface area (Å²) < 4.78 is 0. The number of hydrogen-bond acceptors (Lipinski definition) is 8. The molecule has 0 spiro atoms. The van der Waals surface area contributed by atoms with Crippen LogP contribution in [0.1, 0.15) is 18.4 Å². The van der Waals surface area contributed by atoms with Gasteiger partial charge in [-0.15, -0.1) is 0 Å². The number of imide groups is 1. The van der Waals surface area contributed by atoms with Gasteiger partial charge in [0.1, 0.15) is 12.1 Å². The number of carbonyl (C=O) groups is 3. The molecule has 1 aliphatic rings. The van der Waals surface area contributed by atoms with Crippen LogP contribution in [0.5, 0.6) is 0 Å². The van der Waals surface area contributed by atoms with Gasteiger partial charge in [0.15, 0.2) is 11.0 Å². The van der Waals surface area contributed by atoms with Gasteiger partial charge in [0.25, 0.3) is 5.91 Å². The number of primary amides is 1. The maximum Gasteiger partial charge on any atom is 0.325 e. The Labute approximate surface area is 220 Å². The Balaban J connectivity index is 1.64. The summed E-state index contributed by atoms with van der Waals surface area (Å²) in [6.45, 7) is 0.275. The second kappa shape index (κ2) is 11.2. The first kappa shape index (κ1) is 26.4. The predicted octanol–water partition coefficient (Wildman–Crippen LogP) is 0.993. The molecule has 2 atom stereocenters. The standard InChI is InChI=1S/C23H25N9O5S/c24-18(33)17(31-21(34)15(30-23(31)35)7-3-10-28-22(25)26)11-13-12-5-1-2-6-14(12)29-19(13)38-20-16(32(36)37)8-4-9-27-20/h1-2,4-6,8-9,15,17,29H,3,7,10-11H2,(H2,24,33)(H,30,35)(H4,25,26,28)/t15-,17-/m0/s1. The summed E-state index contributed by atoms with van der Waals surface area (Å²) in [5, 5.41) is 15.4. The lowest BCUT2D eigenvalue weighted by atomic mass is 10.0. The van der Waals surface area contributed by atoms with E-state index in [9.17, 15) is 24.5 Å². The molecular weight excluding hydrogens is 514 g/mol. The lowest BCUT2D eigenvalue weighted by Crippen LogP contribution is -2.49. The molecule has 38 heavy (non-hydrogen) atoms. The zero-order chi connectivity index (χ0) is 27.4. The Kier molecular flexibility index (Phi) is 7.76. The second-order valence-corrected chi connectivity index (χ2v) is 9.45. The van der Waals surface area contributed by atoms with E-state index in [0.29, 0.717) is 27.9 Å².